The zero-order valence-electron chi connectivity index (χ0n) is 16.6. The Hall–Kier alpha value is -2.90. The Morgan fingerprint density at radius 2 is 1.59 bits per heavy atom. The van der Waals surface area contributed by atoms with E-state index >= 15 is 0 Å². The van der Waals surface area contributed by atoms with Gasteiger partial charge in [-0.2, -0.15) is 0 Å². The molecule has 0 aliphatic carbocycles. The highest BCUT2D eigenvalue weighted by Gasteiger charge is 2.24. The van der Waals surface area contributed by atoms with Crippen LogP contribution in [0.1, 0.15) is 25.5 Å². The average Bonchev–Trinajstić information content (AvgIpc) is 2.71. The third-order valence-corrected chi connectivity index (χ3v) is 5.93. The number of amides is 1. The van der Waals surface area contributed by atoms with E-state index in [0.29, 0.717) is 5.75 Å². The van der Waals surface area contributed by atoms with Crippen molar-refractivity contribution in [1.29, 1.82) is 0 Å². The van der Waals surface area contributed by atoms with Crippen molar-refractivity contribution < 1.29 is 17.9 Å². The second-order valence-electron chi connectivity index (χ2n) is 7.01. The molecule has 0 heterocycles. The summed E-state index contributed by atoms with van der Waals surface area (Å²) in [5.41, 5.74) is 0.797. The molecule has 3 aromatic carbocycles. The van der Waals surface area contributed by atoms with Gasteiger partial charge in [0.05, 0.1) is 10.9 Å². The number of hydrogen-bond acceptors (Lipinski definition) is 4. The summed E-state index contributed by atoms with van der Waals surface area (Å²) in [6.07, 6.45) is -0.674. The summed E-state index contributed by atoms with van der Waals surface area (Å²) in [5, 5.41) is 7.28. The number of sulfonamides is 1. The second kappa shape index (κ2) is 8.23. The van der Waals surface area contributed by atoms with Crippen LogP contribution in [0.2, 0.25) is 0 Å². The molecule has 3 rings (SSSR count). The maximum atomic E-state index is 12.8. The van der Waals surface area contributed by atoms with Gasteiger partial charge in [-0.15, -0.1) is 0 Å². The standard InChI is InChI=1S/C22H24N2O4S/c1-15(17-9-12-21(13-10-17)29(23,26)27)24(3)22(25)16(2)28-20-11-8-18-6-4-5-7-19(18)14-20/h4-16H,1-3H3,(H2,23,26,27)/t15?,16-/m0/s1. The van der Waals surface area contributed by atoms with Gasteiger partial charge in [-0.1, -0.05) is 42.5 Å². The highest BCUT2D eigenvalue weighted by molar-refractivity contribution is 7.89. The molecule has 6 nitrogen and oxygen atoms in total. The summed E-state index contributed by atoms with van der Waals surface area (Å²) in [6, 6.07) is 19.6. The van der Waals surface area contributed by atoms with Crippen LogP contribution in [0.5, 0.6) is 5.75 Å². The fraction of sp³-hybridized carbons (Fsp3) is 0.227. The maximum Gasteiger partial charge on any atom is 0.263 e. The molecule has 2 N–H and O–H groups in total. The molecule has 0 saturated carbocycles. The number of nitrogens with two attached hydrogens (primary N) is 1. The van der Waals surface area contributed by atoms with Gasteiger partial charge in [0, 0.05) is 7.05 Å². The summed E-state index contributed by atoms with van der Waals surface area (Å²) >= 11 is 0. The van der Waals surface area contributed by atoms with Crippen LogP contribution in [0.25, 0.3) is 10.8 Å². The number of likely N-dealkylation sites (N-methyl/N-ethyl adjacent to an activating group) is 1. The first-order valence-corrected chi connectivity index (χ1v) is 10.8. The zero-order valence-corrected chi connectivity index (χ0v) is 17.4. The fourth-order valence-corrected chi connectivity index (χ4v) is 3.65. The molecule has 7 heteroatoms. The number of rotatable bonds is 6. The molecule has 3 aromatic rings. The van der Waals surface area contributed by atoms with Crippen molar-refractivity contribution in [2.24, 2.45) is 5.14 Å². The minimum absolute atomic E-state index is 0.0374. The van der Waals surface area contributed by atoms with Crippen molar-refractivity contribution in [3.8, 4) is 5.75 Å². The number of primary sulfonamides is 1. The van der Waals surface area contributed by atoms with Gasteiger partial charge in [0.1, 0.15) is 5.75 Å². The molecule has 0 saturated heterocycles. The average molecular weight is 413 g/mol. The number of carbonyl (C=O) groups excluding carboxylic acids is 1. The van der Waals surface area contributed by atoms with Crippen LogP contribution in [0.15, 0.2) is 71.6 Å². The predicted octanol–water partition coefficient (Wildman–Crippen LogP) is 3.47. The lowest BCUT2D eigenvalue weighted by molar-refractivity contribution is -0.138. The van der Waals surface area contributed by atoms with Gasteiger partial charge in [0.2, 0.25) is 10.0 Å². The highest BCUT2D eigenvalue weighted by Crippen LogP contribution is 2.24. The van der Waals surface area contributed by atoms with E-state index in [0.717, 1.165) is 16.3 Å². The molecule has 152 valence electrons. The Morgan fingerprint density at radius 3 is 2.21 bits per heavy atom. The van der Waals surface area contributed by atoms with Gasteiger partial charge in [-0.3, -0.25) is 4.79 Å². The number of carbonyl (C=O) groups is 1. The van der Waals surface area contributed by atoms with Gasteiger partial charge in [-0.05, 0) is 54.4 Å². The molecule has 0 bridgehead atoms. The van der Waals surface area contributed by atoms with E-state index in [9.17, 15) is 13.2 Å². The topological polar surface area (TPSA) is 89.7 Å². The minimum Gasteiger partial charge on any atom is -0.481 e. The highest BCUT2D eigenvalue weighted by atomic mass is 32.2. The van der Waals surface area contributed by atoms with Gasteiger partial charge >= 0.3 is 0 Å². The third kappa shape index (κ3) is 4.75. The Kier molecular flexibility index (Phi) is 5.91. The van der Waals surface area contributed by atoms with Crippen LogP contribution in [-0.4, -0.2) is 32.4 Å². The number of nitrogens with zero attached hydrogens (tertiary/aromatic N) is 1. The molecule has 0 aromatic heterocycles. The van der Waals surface area contributed by atoms with E-state index in [1.54, 1.807) is 31.0 Å². The lowest BCUT2D eigenvalue weighted by Gasteiger charge is -2.28. The fourth-order valence-electron chi connectivity index (χ4n) is 3.13. The van der Waals surface area contributed by atoms with Crippen LogP contribution >= 0.6 is 0 Å². The normalized spacial score (nSPS) is 13.7. The quantitative estimate of drug-likeness (QED) is 0.671. The molecule has 29 heavy (non-hydrogen) atoms. The summed E-state index contributed by atoms with van der Waals surface area (Å²) in [4.78, 5) is 14.5. The first-order valence-electron chi connectivity index (χ1n) is 9.21. The molecule has 0 fully saturated rings. The minimum atomic E-state index is -3.75. The largest absolute Gasteiger partial charge is 0.481 e. The monoisotopic (exact) mass is 412 g/mol. The lowest BCUT2D eigenvalue weighted by atomic mass is 10.1. The first-order chi connectivity index (χ1) is 13.7. The Morgan fingerprint density at radius 1 is 0.966 bits per heavy atom. The molecular formula is C22H24N2O4S. The zero-order chi connectivity index (χ0) is 21.2. The predicted molar refractivity (Wildman–Crippen MR) is 113 cm³/mol. The van der Waals surface area contributed by atoms with Crippen molar-refractivity contribution in [2.75, 3.05) is 7.05 Å². The van der Waals surface area contributed by atoms with E-state index < -0.39 is 16.1 Å². The summed E-state index contributed by atoms with van der Waals surface area (Å²) in [6.45, 7) is 3.58. The third-order valence-electron chi connectivity index (χ3n) is 5.00. The molecule has 1 unspecified atom stereocenters. The Balaban J connectivity index is 1.70. The van der Waals surface area contributed by atoms with Crippen LogP contribution in [0, 0.1) is 0 Å². The van der Waals surface area contributed by atoms with Crippen molar-refractivity contribution in [3.63, 3.8) is 0 Å². The van der Waals surface area contributed by atoms with Gasteiger partial charge in [0.15, 0.2) is 6.10 Å². The van der Waals surface area contributed by atoms with Crippen LogP contribution < -0.4 is 9.88 Å². The molecule has 0 aliphatic rings. The van der Waals surface area contributed by atoms with Crippen molar-refractivity contribution in [3.05, 3.63) is 72.3 Å². The van der Waals surface area contributed by atoms with Crippen LogP contribution in [-0.2, 0) is 14.8 Å². The smallest absolute Gasteiger partial charge is 0.263 e. The summed E-state index contributed by atoms with van der Waals surface area (Å²) in [5.74, 6) is 0.448. The van der Waals surface area contributed by atoms with Crippen molar-refractivity contribution in [2.45, 2.75) is 30.9 Å². The van der Waals surface area contributed by atoms with Gasteiger partial charge in [-0.25, -0.2) is 13.6 Å². The van der Waals surface area contributed by atoms with Gasteiger partial charge < -0.3 is 9.64 Å². The second-order valence-corrected chi connectivity index (χ2v) is 8.57. The van der Waals surface area contributed by atoms with E-state index in [2.05, 4.69) is 0 Å². The lowest BCUT2D eigenvalue weighted by Crippen LogP contribution is -2.39. The summed E-state index contributed by atoms with van der Waals surface area (Å²) in [7, 11) is -2.05. The first kappa shape index (κ1) is 20.8. The number of hydrogen-bond donors (Lipinski definition) is 1. The molecule has 0 radical (unpaired) electrons. The van der Waals surface area contributed by atoms with Gasteiger partial charge in [0.25, 0.3) is 5.91 Å². The number of ether oxygens (including phenoxy) is 1. The van der Waals surface area contributed by atoms with E-state index in [1.165, 1.54) is 12.1 Å². The van der Waals surface area contributed by atoms with Crippen LogP contribution in [0.4, 0.5) is 0 Å². The molecule has 0 aliphatic heterocycles. The van der Waals surface area contributed by atoms with Crippen molar-refractivity contribution in [1.82, 2.24) is 4.90 Å². The number of fused-ring (bicyclic) bond motifs is 1. The Labute approximate surface area is 170 Å². The van der Waals surface area contributed by atoms with Crippen LogP contribution in [0.3, 0.4) is 0 Å². The SMILES string of the molecule is CC(c1ccc(S(N)(=O)=O)cc1)N(C)C(=O)[C@H](C)Oc1ccc2ccccc2c1. The van der Waals surface area contributed by atoms with E-state index in [1.807, 2.05) is 49.4 Å². The molecular weight excluding hydrogens is 388 g/mol. The molecule has 1 amide bonds. The summed E-state index contributed by atoms with van der Waals surface area (Å²) < 4.78 is 28.7. The van der Waals surface area contributed by atoms with E-state index in [4.69, 9.17) is 9.88 Å². The number of benzene rings is 3. The Bertz CT molecular complexity index is 1130. The maximum absolute atomic E-state index is 12.8. The molecule has 0 spiro atoms. The molecule has 2 atom stereocenters. The van der Waals surface area contributed by atoms with E-state index in [-0.39, 0.29) is 16.8 Å². The van der Waals surface area contributed by atoms with Crippen molar-refractivity contribution >= 4 is 26.7 Å².